The van der Waals surface area contributed by atoms with Gasteiger partial charge in [0.15, 0.2) is 0 Å². The molecule has 3 nitrogen and oxygen atoms in total. The first kappa shape index (κ1) is 5.78. The van der Waals surface area contributed by atoms with E-state index in [4.69, 9.17) is 10.2 Å². The van der Waals surface area contributed by atoms with Crippen LogP contribution < -0.4 is 5.14 Å². The summed E-state index contributed by atoms with van der Waals surface area (Å²) in [6.07, 6.45) is 0. The highest BCUT2D eigenvalue weighted by molar-refractivity contribution is 7.97. The number of carboxylic acid groups (broad SMARTS) is 1. The molecule has 0 saturated carbocycles. The van der Waals surface area contributed by atoms with E-state index in [-0.39, 0.29) is 5.75 Å². The van der Waals surface area contributed by atoms with Crippen LogP contribution in [0.2, 0.25) is 0 Å². The van der Waals surface area contributed by atoms with Crippen molar-refractivity contribution in [2.24, 2.45) is 5.14 Å². The Bertz CT molecular complexity index is 55.5. The Balaban J connectivity index is 2.83. The zero-order chi connectivity index (χ0) is 4.99. The number of carbonyl (C=O) groups is 1. The van der Waals surface area contributed by atoms with E-state index in [1.54, 1.807) is 0 Å². The molecule has 6 heavy (non-hydrogen) atoms. The van der Waals surface area contributed by atoms with Crippen LogP contribution in [0.15, 0.2) is 0 Å². The molecule has 0 aliphatic heterocycles. The third-order valence-corrected chi connectivity index (χ3v) is 0.620. The lowest BCUT2D eigenvalue weighted by Gasteiger charge is -1.80. The van der Waals surface area contributed by atoms with E-state index in [0.29, 0.717) is 0 Å². The zero-order valence-electron chi connectivity index (χ0n) is 3.05. The molecule has 0 heterocycles. The van der Waals surface area contributed by atoms with Gasteiger partial charge in [0.1, 0.15) is 5.75 Å². The van der Waals surface area contributed by atoms with E-state index in [2.05, 4.69) is 0 Å². The molecular formula is C2H5NO2S. The van der Waals surface area contributed by atoms with E-state index < -0.39 is 5.97 Å². The summed E-state index contributed by atoms with van der Waals surface area (Å²) in [5.41, 5.74) is 0. The zero-order valence-corrected chi connectivity index (χ0v) is 3.86. The third kappa shape index (κ3) is 3.78. The normalized spacial score (nSPS) is 8.17. The van der Waals surface area contributed by atoms with Crippen molar-refractivity contribution < 1.29 is 9.90 Å². The fourth-order valence-electron chi connectivity index (χ4n) is 0.0713. The maximum atomic E-state index is 9.50. The van der Waals surface area contributed by atoms with Crippen LogP contribution >= 0.6 is 11.9 Å². The van der Waals surface area contributed by atoms with Crippen LogP contribution in [-0.2, 0) is 4.79 Å². The molecule has 0 bridgehead atoms. The van der Waals surface area contributed by atoms with Gasteiger partial charge in [-0.3, -0.25) is 9.93 Å². The minimum Gasteiger partial charge on any atom is -0.481 e. The molecule has 0 rings (SSSR count). The summed E-state index contributed by atoms with van der Waals surface area (Å²) < 4.78 is 0. The predicted octanol–water partition coefficient (Wildman–Crippen LogP) is -0.322. The van der Waals surface area contributed by atoms with Crippen LogP contribution in [0.1, 0.15) is 0 Å². The van der Waals surface area contributed by atoms with Gasteiger partial charge < -0.3 is 5.11 Å². The SMILES string of the molecule is NSCC(=O)O. The van der Waals surface area contributed by atoms with E-state index in [0.717, 1.165) is 11.9 Å². The molecule has 0 radical (unpaired) electrons. The van der Waals surface area contributed by atoms with Gasteiger partial charge in [-0.2, -0.15) is 0 Å². The van der Waals surface area contributed by atoms with E-state index in [1.807, 2.05) is 0 Å². The fraction of sp³-hybridized carbons (Fsp3) is 0.500. The molecular weight excluding hydrogens is 102 g/mol. The number of hydrogen-bond donors (Lipinski definition) is 2. The van der Waals surface area contributed by atoms with Gasteiger partial charge in [0.25, 0.3) is 0 Å². The minimum absolute atomic E-state index is 0.0139. The second-order valence-electron chi connectivity index (χ2n) is 0.705. The molecule has 36 valence electrons. The maximum absolute atomic E-state index is 9.50. The number of aliphatic carboxylic acids is 1. The topological polar surface area (TPSA) is 63.3 Å². The van der Waals surface area contributed by atoms with Crippen molar-refractivity contribution in [2.45, 2.75) is 0 Å². The summed E-state index contributed by atoms with van der Waals surface area (Å²) in [7, 11) is 0. The lowest BCUT2D eigenvalue weighted by Crippen LogP contribution is -1.99. The summed E-state index contributed by atoms with van der Waals surface area (Å²) in [6.45, 7) is 0. The van der Waals surface area contributed by atoms with Crippen molar-refractivity contribution in [3.63, 3.8) is 0 Å². The number of nitrogens with two attached hydrogens (primary N) is 1. The van der Waals surface area contributed by atoms with Crippen molar-refractivity contribution in [3.05, 3.63) is 0 Å². The lowest BCUT2D eigenvalue weighted by atomic mass is 10.8. The predicted molar refractivity (Wildman–Crippen MR) is 24.3 cm³/mol. The molecule has 0 aromatic carbocycles. The summed E-state index contributed by atoms with van der Waals surface area (Å²) in [5.74, 6) is -0.887. The van der Waals surface area contributed by atoms with E-state index in [9.17, 15) is 4.79 Å². The summed E-state index contributed by atoms with van der Waals surface area (Å²) in [6, 6.07) is 0. The van der Waals surface area contributed by atoms with Gasteiger partial charge in [-0.15, -0.1) is 0 Å². The minimum atomic E-state index is -0.873. The van der Waals surface area contributed by atoms with Gasteiger partial charge in [-0.05, 0) is 0 Å². The Hall–Kier alpha value is -0.220. The average molecular weight is 107 g/mol. The van der Waals surface area contributed by atoms with Gasteiger partial charge in [0.05, 0.1) is 0 Å². The van der Waals surface area contributed by atoms with Gasteiger partial charge in [0.2, 0.25) is 0 Å². The highest BCUT2D eigenvalue weighted by Gasteiger charge is 1.88. The van der Waals surface area contributed by atoms with Crippen molar-refractivity contribution in [1.29, 1.82) is 0 Å². The van der Waals surface area contributed by atoms with Gasteiger partial charge >= 0.3 is 5.97 Å². The van der Waals surface area contributed by atoms with Crippen LogP contribution in [0.4, 0.5) is 0 Å². The van der Waals surface area contributed by atoms with Crippen molar-refractivity contribution >= 4 is 17.9 Å². The van der Waals surface area contributed by atoms with Gasteiger partial charge in [-0.25, -0.2) is 0 Å². The molecule has 0 aromatic heterocycles. The number of rotatable bonds is 2. The smallest absolute Gasteiger partial charge is 0.314 e. The molecule has 0 unspecified atom stereocenters. The van der Waals surface area contributed by atoms with Crippen LogP contribution in [0.25, 0.3) is 0 Å². The highest BCUT2D eigenvalue weighted by Crippen LogP contribution is 1.80. The summed E-state index contributed by atoms with van der Waals surface area (Å²) in [4.78, 5) is 9.50. The lowest BCUT2D eigenvalue weighted by molar-refractivity contribution is -0.133. The second kappa shape index (κ2) is 2.99. The standard InChI is InChI=1S/C2H5NO2S/c3-6-1-2(4)5/h1,3H2,(H,4,5). The number of hydrogen-bond acceptors (Lipinski definition) is 3. The average Bonchev–Trinajstić information content (AvgIpc) is 1.35. The molecule has 0 saturated heterocycles. The Labute approximate surface area is 39.7 Å². The summed E-state index contributed by atoms with van der Waals surface area (Å²) in [5, 5.41) is 12.6. The molecule has 0 fully saturated rings. The first-order valence-electron chi connectivity index (χ1n) is 1.31. The monoisotopic (exact) mass is 107 g/mol. The first-order chi connectivity index (χ1) is 2.77. The van der Waals surface area contributed by atoms with Crippen LogP contribution in [-0.4, -0.2) is 16.8 Å². The van der Waals surface area contributed by atoms with Crippen molar-refractivity contribution in [1.82, 2.24) is 0 Å². The van der Waals surface area contributed by atoms with Crippen molar-refractivity contribution in [2.75, 3.05) is 5.75 Å². The maximum Gasteiger partial charge on any atom is 0.314 e. The van der Waals surface area contributed by atoms with Crippen LogP contribution in [0.5, 0.6) is 0 Å². The quantitative estimate of drug-likeness (QED) is 0.474. The van der Waals surface area contributed by atoms with Crippen LogP contribution in [0.3, 0.4) is 0 Å². The van der Waals surface area contributed by atoms with Crippen molar-refractivity contribution in [3.8, 4) is 0 Å². The Morgan fingerprint density at radius 1 is 2.00 bits per heavy atom. The largest absolute Gasteiger partial charge is 0.481 e. The first-order valence-corrected chi connectivity index (χ1v) is 2.35. The highest BCUT2D eigenvalue weighted by atomic mass is 32.2. The molecule has 0 spiro atoms. The molecule has 0 amide bonds. The van der Waals surface area contributed by atoms with E-state index in [1.165, 1.54) is 0 Å². The fourth-order valence-corrected chi connectivity index (χ4v) is 0.214. The van der Waals surface area contributed by atoms with E-state index >= 15 is 0 Å². The number of carboxylic acids is 1. The molecule has 3 N–H and O–H groups in total. The molecule has 0 aromatic rings. The molecule has 0 atom stereocenters. The van der Waals surface area contributed by atoms with Crippen LogP contribution in [0, 0.1) is 0 Å². The molecule has 4 heteroatoms. The van der Waals surface area contributed by atoms with Gasteiger partial charge in [0, 0.05) is 0 Å². The Morgan fingerprint density at radius 3 is 2.50 bits per heavy atom. The van der Waals surface area contributed by atoms with Gasteiger partial charge in [-0.1, -0.05) is 11.9 Å². The molecule has 0 aliphatic carbocycles. The Morgan fingerprint density at radius 2 is 2.50 bits per heavy atom. The third-order valence-electron chi connectivity index (χ3n) is 0.207. The summed E-state index contributed by atoms with van der Waals surface area (Å²) >= 11 is 0.810. The Kier molecular flexibility index (Phi) is 2.88. The second-order valence-corrected chi connectivity index (χ2v) is 1.33. The molecule has 0 aliphatic rings.